The summed E-state index contributed by atoms with van der Waals surface area (Å²) < 4.78 is 0. The third kappa shape index (κ3) is 2.38. The highest BCUT2D eigenvalue weighted by Gasteiger charge is 2.27. The zero-order valence-corrected chi connectivity index (χ0v) is 8.73. The quantitative estimate of drug-likeness (QED) is 0.804. The van der Waals surface area contributed by atoms with E-state index in [-0.39, 0.29) is 5.92 Å². The molecule has 80 valence electrons. The van der Waals surface area contributed by atoms with E-state index in [2.05, 4.69) is 12.1 Å². The molecule has 0 heterocycles. The lowest BCUT2D eigenvalue weighted by atomic mass is 9.78. The molecule has 1 aliphatic carbocycles. The number of hydrogen-bond acceptors (Lipinski definition) is 1. The Kier molecular flexibility index (Phi) is 3.05. The van der Waals surface area contributed by atoms with Gasteiger partial charge >= 0.3 is 5.97 Å². The molecular formula is C13H16O2. The molecule has 0 saturated heterocycles. The van der Waals surface area contributed by atoms with E-state index in [1.165, 1.54) is 5.56 Å². The zero-order chi connectivity index (χ0) is 10.7. The van der Waals surface area contributed by atoms with E-state index in [4.69, 9.17) is 5.11 Å². The fraction of sp³-hybridized carbons (Fsp3) is 0.462. The second-order valence-electron chi connectivity index (χ2n) is 4.31. The monoisotopic (exact) mass is 204 g/mol. The van der Waals surface area contributed by atoms with E-state index in [1.54, 1.807) is 0 Å². The molecule has 2 heteroatoms. The Hall–Kier alpha value is -1.31. The minimum atomic E-state index is -0.629. The maximum absolute atomic E-state index is 10.9. The van der Waals surface area contributed by atoms with Gasteiger partial charge in [-0.15, -0.1) is 0 Å². The Morgan fingerprint density at radius 3 is 2.60 bits per heavy atom. The molecule has 15 heavy (non-hydrogen) atoms. The number of hydrogen-bond donors (Lipinski definition) is 1. The molecule has 2 rings (SSSR count). The van der Waals surface area contributed by atoms with Crippen LogP contribution in [-0.4, -0.2) is 11.1 Å². The maximum atomic E-state index is 10.9. The molecule has 0 unspecified atom stereocenters. The van der Waals surface area contributed by atoms with Crippen LogP contribution in [0.4, 0.5) is 0 Å². The van der Waals surface area contributed by atoms with E-state index in [9.17, 15) is 4.79 Å². The van der Waals surface area contributed by atoms with Crippen LogP contribution in [-0.2, 0) is 4.79 Å². The molecule has 0 radical (unpaired) electrons. The van der Waals surface area contributed by atoms with Crippen molar-refractivity contribution in [2.24, 2.45) is 5.92 Å². The van der Waals surface area contributed by atoms with Crippen LogP contribution in [0.1, 0.15) is 37.2 Å². The number of carboxylic acids is 1. The highest BCUT2D eigenvalue weighted by Crippen LogP contribution is 2.35. The standard InChI is InChI=1S/C13H16O2/c14-13(15)12-8-4-7-11(9-12)10-5-2-1-3-6-10/h1-3,5-6,11-12H,4,7-9H2,(H,14,15)/t11-,12+/m1/s1. The second kappa shape index (κ2) is 4.47. The number of rotatable bonds is 2. The average molecular weight is 204 g/mol. The fourth-order valence-electron chi connectivity index (χ4n) is 2.44. The van der Waals surface area contributed by atoms with E-state index in [0.29, 0.717) is 5.92 Å². The summed E-state index contributed by atoms with van der Waals surface area (Å²) in [4.78, 5) is 10.9. The highest BCUT2D eigenvalue weighted by atomic mass is 16.4. The van der Waals surface area contributed by atoms with E-state index in [0.717, 1.165) is 25.7 Å². The van der Waals surface area contributed by atoms with Crippen molar-refractivity contribution in [2.45, 2.75) is 31.6 Å². The molecule has 2 nitrogen and oxygen atoms in total. The SMILES string of the molecule is O=C(O)[C@H]1CCC[C@@H](c2ccccc2)C1. The van der Waals surface area contributed by atoms with Gasteiger partial charge in [-0.1, -0.05) is 36.8 Å². The first-order valence-corrected chi connectivity index (χ1v) is 5.55. The normalized spacial score (nSPS) is 26.1. The first-order valence-electron chi connectivity index (χ1n) is 5.55. The molecule has 0 bridgehead atoms. The molecule has 1 aliphatic rings. The second-order valence-corrected chi connectivity index (χ2v) is 4.31. The van der Waals surface area contributed by atoms with Gasteiger partial charge in [-0.3, -0.25) is 4.79 Å². The molecule has 0 amide bonds. The number of aliphatic carboxylic acids is 1. The molecule has 0 aromatic heterocycles. The largest absolute Gasteiger partial charge is 0.481 e. The topological polar surface area (TPSA) is 37.3 Å². The molecule has 1 fully saturated rings. The van der Waals surface area contributed by atoms with Crippen molar-refractivity contribution in [1.82, 2.24) is 0 Å². The van der Waals surface area contributed by atoms with Crippen LogP contribution in [0.25, 0.3) is 0 Å². The third-order valence-electron chi connectivity index (χ3n) is 3.29. The van der Waals surface area contributed by atoms with Crippen LogP contribution in [0.15, 0.2) is 30.3 Å². The fourth-order valence-corrected chi connectivity index (χ4v) is 2.44. The lowest BCUT2D eigenvalue weighted by molar-refractivity contribution is -0.142. The van der Waals surface area contributed by atoms with Crippen molar-refractivity contribution in [3.63, 3.8) is 0 Å². The molecule has 1 N–H and O–H groups in total. The first kappa shape index (κ1) is 10.2. The van der Waals surface area contributed by atoms with Gasteiger partial charge in [-0.2, -0.15) is 0 Å². The molecule has 0 spiro atoms. The van der Waals surface area contributed by atoms with Crippen molar-refractivity contribution >= 4 is 5.97 Å². The van der Waals surface area contributed by atoms with Crippen LogP contribution < -0.4 is 0 Å². The Bertz CT molecular complexity index is 332. The summed E-state index contributed by atoms with van der Waals surface area (Å²) in [5.74, 6) is -0.319. The molecule has 1 aromatic rings. The third-order valence-corrected chi connectivity index (χ3v) is 3.29. The number of benzene rings is 1. The summed E-state index contributed by atoms with van der Waals surface area (Å²) in [7, 11) is 0. The number of carboxylic acid groups (broad SMARTS) is 1. The Morgan fingerprint density at radius 1 is 1.20 bits per heavy atom. The van der Waals surface area contributed by atoms with Crippen molar-refractivity contribution < 1.29 is 9.90 Å². The highest BCUT2D eigenvalue weighted by molar-refractivity contribution is 5.70. The molecule has 0 aliphatic heterocycles. The van der Waals surface area contributed by atoms with Crippen LogP contribution in [0.2, 0.25) is 0 Å². The van der Waals surface area contributed by atoms with Crippen molar-refractivity contribution in [3.8, 4) is 0 Å². The zero-order valence-electron chi connectivity index (χ0n) is 8.73. The van der Waals surface area contributed by atoms with E-state index in [1.807, 2.05) is 18.2 Å². The van der Waals surface area contributed by atoms with Gasteiger partial charge in [0.2, 0.25) is 0 Å². The Labute approximate surface area is 89.9 Å². The van der Waals surface area contributed by atoms with Gasteiger partial charge in [0.15, 0.2) is 0 Å². The predicted octanol–water partition coefficient (Wildman–Crippen LogP) is 3.05. The van der Waals surface area contributed by atoms with E-state index < -0.39 is 5.97 Å². The van der Waals surface area contributed by atoms with Gasteiger partial charge < -0.3 is 5.11 Å². The van der Waals surface area contributed by atoms with Gasteiger partial charge in [0.05, 0.1) is 5.92 Å². The summed E-state index contributed by atoms with van der Waals surface area (Å²) in [6.07, 6.45) is 3.82. The predicted molar refractivity (Wildman–Crippen MR) is 58.8 cm³/mol. The van der Waals surface area contributed by atoms with Gasteiger partial charge in [-0.25, -0.2) is 0 Å². The van der Waals surface area contributed by atoms with Crippen molar-refractivity contribution in [3.05, 3.63) is 35.9 Å². The van der Waals surface area contributed by atoms with Crippen LogP contribution in [0.3, 0.4) is 0 Å². The molecule has 1 aromatic carbocycles. The molecule has 2 atom stereocenters. The minimum Gasteiger partial charge on any atom is -0.481 e. The lowest BCUT2D eigenvalue weighted by Crippen LogP contribution is -2.21. The van der Waals surface area contributed by atoms with Gasteiger partial charge in [0, 0.05) is 0 Å². The maximum Gasteiger partial charge on any atom is 0.306 e. The van der Waals surface area contributed by atoms with Crippen molar-refractivity contribution in [1.29, 1.82) is 0 Å². The van der Waals surface area contributed by atoms with Crippen molar-refractivity contribution in [2.75, 3.05) is 0 Å². The lowest BCUT2D eigenvalue weighted by Gasteiger charge is -2.26. The summed E-state index contributed by atoms with van der Waals surface area (Å²) in [6, 6.07) is 10.3. The van der Waals surface area contributed by atoms with Crippen LogP contribution in [0.5, 0.6) is 0 Å². The Balaban J connectivity index is 2.08. The molecular weight excluding hydrogens is 188 g/mol. The first-order chi connectivity index (χ1) is 7.27. The van der Waals surface area contributed by atoms with E-state index >= 15 is 0 Å². The minimum absolute atomic E-state index is 0.135. The summed E-state index contributed by atoms with van der Waals surface area (Å²) in [6.45, 7) is 0. The van der Waals surface area contributed by atoms with Gasteiger partial charge in [0.1, 0.15) is 0 Å². The summed E-state index contributed by atoms with van der Waals surface area (Å²) in [5, 5.41) is 9.00. The van der Waals surface area contributed by atoms with Crippen LogP contribution >= 0.6 is 0 Å². The van der Waals surface area contributed by atoms with Gasteiger partial charge in [-0.05, 0) is 30.7 Å². The summed E-state index contributed by atoms with van der Waals surface area (Å²) >= 11 is 0. The smallest absolute Gasteiger partial charge is 0.306 e. The van der Waals surface area contributed by atoms with Crippen LogP contribution in [0, 0.1) is 5.92 Å². The number of carbonyl (C=O) groups is 1. The Morgan fingerprint density at radius 2 is 1.93 bits per heavy atom. The molecule has 1 saturated carbocycles. The summed E-state index contributed by atoms with van der Waals surface area (Å²) in [5.41, 5.74) is 1.29. The van der Waals surface area contributed by atoms with Gasteiger partial charge in [0.25, 0.3) is 0 Å². The average Bonchev–Trinajstić information content (AvgIpc) is 2.30.